The van der Waals surface area contributed by atoms with Gasteiger partial charge in [-0.1, -0.05) is 248 Å². The first-order valence-electron chi connectivity index (χ1n) is 30.1. The van der Waals surface area contributed by atoms with Crippen LogP contribution in [0.4, 0.5) is 17.1 Å². The summed E-state index contributed by atoms with van der Waals surface area (Å²) in [5, 5.41) is 0. The second-order valence-electron chi connectivity index (χ2n) is 29.8. The van der Waals surface area contributed by atoms with E-state index in [1.165, 1.54) is 143 Å². The Bertz CT molecular complexity index is 3710. The molecule has 400 valence electrons. The van der Waals surface area contributed by atoms with Crippen molar-refractivity contribution in [2.24, 2.45) is 0 Å². The van der Waals surface area contributed by atoms with Crippen LogP contribution in [-0.2, 0) is 37.9 Å². The molecule has 0 aromatic heterocycles. The molecule has 3 aliphatic carbocycles. The summed E-state index contributed by atoms with van der Waals surface area (Å²) in [6.07, 6.45) is 5.85. The van der Waals surface area contributed by atoms with Gasteiger partial charge in [-0.15, -0.1) is 0 Å². The number of hydrogen-bond acceptors (Lipinski definition) is 1. The van der Waals surface area contributed by atoms with Crippen molar-refractivity contribution in [3.05, 3.63) is 247 Å². The van der Waals surface area contributed by atoms with Crippen LogP contribution in [0, 0.1) is 6.92 Å². The Labute approximate surface area is 475 Å². The van der Waals surface area contributed by atoms with Gasteiger partial charge in [-0.25, -0.2) is 0 Å². The van der Waals surface area contributed by atoms with Crippen molar-refractivity contribution < 1.29 is 0 Å². The monoisotopic (exact) mass is 1030 g/mol. The number of fused-ring (bicyclic) bond motifs is 7. The topological polar surface area (TPSA) is 3.24 Å². The summed E-state index contributed by atoms with van der Waals surface area (Å²) in [5.74, 6) is 0.00624. The van der Waals surface area contributed by atoms with Crippen molar-refractivity contribution >= 4 is 40.2 Å². The predicted octanol–water partition coefficient (Wildman–Crippen LogP) is 18.0. The summed E-state index contributed by atoms with van der Waals surface area (Å²) in [6.45, 7) is 37.2. The smallest absolute Gasteiger partial charge is 0.247 e. The zero-order chi connectivity index (χ0) is 55.6. The van der Waals surface area contributed by atoms with Crippen LogP contribution in [0.3, 0.4) is 0 Å². The second-order valence-corrected chi connectivity index (χ2v) is 29.8. The Morgan fingerprint density at radius 2 is 0.937 bits per heavy atom. The summed E-state index contributed by atoms with van der Waals surface area (Å²) >= 11 is 0. The molecule has 1 nitrogen and oxygen atoms in total. The van der Waals surface area contributed by atoms with Crippen LogP contribution >= 0.6 is 0 Å². The molecule has 5 aliphatic rings. The molecule has 0 amide bonds. The predicted molar refractivity (Wildman–Crippen MR) is 338 cm³/mol. The molecule has 0 N–H and O–H groups in total. The van der Waals surface area contributed by atoms with Crippen LogP contribution in [0.15, 0.2) is 164 Å². The first-order chi connectivity index (χ1) is 37.3. The Hall–Kier alpha value is -6.38. The fourth-order valence-corrected chi connectivity index (χ4v) is 16.5. The zero-order valence-electron chi connectivity index (χ0n) is 50.3. The number of rotatable bonds is 7. The van der Waals surface area contributed by atoms with Crippen molar-refractivity contribution in [3.8, 4) is 0 Å². The van der Waals surface area contributed by atoms with Gasteiger partial charge in [0.05, 0.1) is 0 Å². The van der Waals surface area contributed by atoms with Gasteiger partial charge < -0.3 is 4.90 Å². The Morgan fingerprint density at radius 1 is 0.418 bits per heavy atom. The maximum Gasteiger partial charge on any atom is 0.247 e. The van der Waals surface area contributed by atoms with E-state index in [0.29, 0.717) is 0 Å². The Balaban J connectivity index is 1.20. The first kappa shape index (κ1) is 52.0. The number of nitrogens with zero attached hydrogens (tertiary/aromatic N) is 1. The van der Waals surface area contributed by atoms with Crippen LogP contribution in [0.1, 0.15) is 224 Å². The van der Waals surface area contributed by atoms with Gasteiger partial charge in [0, 0.05) is 34.3 Å². The third-order valence-corrected chi connectivity index (χ3v) is 21.3. The lowest BCUT2D eigenvalue weighted by Crippen LogP contribution is -2.62. The van der Waals surface area contributed by atoms with Crippen LogP contribution in [-0.4, -0.2) is 6.71 Å². The lowest BCUT2D eigenvalue weighted by molar-refractivity contribution is 0.331. The highest BCUT2D eigenvalue weighted by atomic mass is 15.2. The summed E-state index contributed by atoms with van der Waals surface area (Å²) in [7, 11) is 0. The third kappa shape index (κ3) is 8.05. The van der Waals surface area contributed by atoms with Gasteiger partial charge >= 0.3 is 0 Å². The van der Waals surface area contributed by atoms with Crippen LogP contribution in [0.2, 0.25) is 0 Å². The molecule has 2 aliphatic heterocycles. The highest BCUT2D eigenvalue weighted by Gasteiger charge is 2.50. The average Bonchev–Trinajstić information content (AvgIpc) is 3.73. The van der Waals surface area contributed by atoms with Crippen molar-refractivity contribution in [2.75, 3.05) is 4.90 Å². The van der Waals surface area contributed by atoms with Crippen molar-refractivity contribution in [1.29, 1.82) is 0 Å². The van der Waals surface area contributed by atoms with E-state index in [9.17, 15) is 0 Å². The third-order valence-electron chi connectivity index (χ3n) is 21.3. The molecule has 2 heteroatoms. The number of aryl methyl sites for hydroxylation is 1. The fraction of sp³-hybridized carbons (Fsp3) is 0.377. The Kier molecular flexibility index (Phi) is 11.6. The molecule has 1 unspecified atom stereocenters. The average molecular weight is 1030 g/mol. The van der Waals surface area contributed by atoms with Gasteiger partial charge in [0.2, 0.25) is 6.71 Å². The van der Waals surface area contributed by atoms with Crippen LogP contribution < -0.4 is 21.3 Å². The normalized spacial score (nSPS) is 20.1. The van der Waals surface area contributed by atoms with Gasteiger partial charge in [-0.05, 0) is 184 Å². The molecule has 0 saturated heterocycles. The highest BCUT2D eigenvalue weighted by Crippen LogP contribution is 2.55. The maximum atomic E-state index is 2.77. The zero-order valence-corrected chi connectivity index (χ0v) is 50.3. The molecule has 0 fully saturated rings. The fourth-order valence-electron chi connectivity index (χ4n) is 16.5. The quantitative estimate of drug-likeness (QED) is 0.114. The summed E-state index contributed by atoms with van der Waals surface area (Å²) in [5.41, 5.74) is 29.8. The molecular formula is C77H84BN. The molecule has 8 aromatic carbocycles. The maximum absolute atomic E-state index is 2.77. The van der Waals surface area contributed by atoms with E-state index in [2.05, 4.69) is 273 Å². The summed E-state index contributed by atoms with van der Waals surface area (Å²) in [6, 6.07) is 65.6. The second kappa shape index (κ2) is 17.6. The van der Waals surface area contributed by atoms with Gasteiger partial charge in [-0.3, -0.25) is 0 Å². The van der Waals surface area contributed by atoms with Gasteiger partial charge in [0.25, 0.3) is 0 Å². The number of benzene rings is 8. The lowest BCUT2D eigenvalue weighted by Gasteiger charge is -2.47. The Morgan fingerprint density at radius 3 is 1.53 bits per heavy atom. The SMILES string of the molecule is Cc1cc2c(cc1N1c3ccc(C(C)(C)c4ccccc4)cc3B3c4cc5c(cc4C(c4ccc6c(c4)C(C)(C)CCC6(C)C)c4cc(C(c6ccccc6)c6ccccc6)cc1c43)C(C)(C)CCC5(C)C)C(C)(C)CC2(C)C. The van der Waals surface area contributed by atoms with Gasteiger partial charge in [0.1, 0.15) is 0 Å². The lowest BCUT2D eigenvalue weighted by atomic mass is 9.30. The molecular weight excluding hydrogens is 950 g/mol. The van der Waals surface area contributed by atoms with Crippen molar-refractivity contribution in [2.45, 2.75) is 186 Å². The molecule has 2 heterocycles. The van der Waals surface area contributed by atoms with E-state index < -0.39 is 0 Å². The molecule has 8 aromatic rings. The molecule has 0 spiro atoms. The summed E-state index contributed by atoms with van der Waals surface area (Å²) in [4.78, 5) is 2.77. The van der Waals surface area contributed by atoms with Crippen LogP contribution in [0.5, 0.6) is 0 Å². The van der Waals surface area contributed by atoms with E-state index in [4.69, 9.17) is 0 Å². The van der Waals surface area contributed by atoms with Crippen molar-refractivity contribution in [1.82, 2.24) is 0 Å². The van der Waals surface area contributed by atoms with E-state index in [0.717, 1.165) is 6.42 Å². The number of hydrogen-bond donors (Lipinski definition) is 0. The summed E-state index contributed by atoms with van der Waals surface area (Å²) < 4.78 is 0. The van der Waals surface area contributed by atoms with Crippen molar-refractivity contribution in [3.63, 3.8) is 0 Å². The van der Waals surface area contributed by atoms with Crippen LogP contribution in [0.25, 0.3) is 0 Å². The first-order valence-corrected chi connectivity index (χ1v) is 30.1. The highest BCUT2D eigenvalue weighted by molar-refractivity contribution is 6.99. The molecule has 79 heavy (non-hydrogen) atoms. The molecule has 0 radical (unpaired) electrons. The minimum Gasteiger partial charge on any atom is -0.311 e. The van der Waals surface area contributed by atoms with E-state index >= 15 is 0 Å². The minimum absolute atomic E-state index is 0.000720. The molecule has 1 atom stereocenters. The van der Waals surface area contributed by atoms with E-state index in [-0.39, 0.29) is 56.5 Å². The largest absolute Gasteiger partial charge is 0.311 e. The molecule has 13 rings (SSSR count). The van der Waals surface area contributed by atoms with Gasteiger partial charge in [-0.2, -0.15) is 0 Å². The minimum atomic E-state index is -0.239. The van der Waals surface area contributed by atoms with E-state index in [1.54, 1.807) is 0 Å². The van der Waals surface area contributed by atoms with E-state index in [1.807, 2.05) is 0 Å². The molecule has 0 saturated carbocycles. The standard InChI is InChI=1S/C77H84BN/c1-48-39-58-62(76(12,13)47-75(58,10)11)46-66(48)79-65-34-32-54(77(14,15)53-29-23-18-24-30-53)43-64(65)78-63-45-61-60(73(6,7)37-38-74(61,8)9)44-55(63)69(51-31-33-57-59(41-51)72(4,5)36-35-71(57,2)3)56-40-52(42-67(79)70(56)78)68(49-25-19-16-20-26-49)50-27-21-17-22-28-50/h16-34,39-46,68-69H,35-38,47H2,1-15H3. The molecule has 0 bridgehead atoms. The van der Waals surface area contributed by atoms with Gasteiger partial charge in [0.15, 0.2) is 0 Å². The number of anilines is 3.